The average Bonchev–Trinajstić information content (AvgIpc) is 3.43. The first kappa shape index (κ1) is 18.7. The third-order valence-corrected chi connectivity index (χ3v) is 7.41. The lowest BCUT2D eigenvalue weighted by Gasteiger charge is -2.26. The monoisotopic (exact) mass is 426 g/mol. The zero-order valence-electron chi connectivity index (χ0n) is 16.0. The first-order chi connectivity index (χ1) is 14.3. The Balaban J connectivity index is 1.17. The van der Waals surface area contributed by atoms with Gasteiger partial charge in [0.1, 0.15) is 13.2 Å². The molecule has 1 amide bonds. The number of amides is 1. The van der Waals surface area contributed by atoms with Gasteiger partial charge < -0.3 is 14.8 Å². The summed E-state index contributed by atoms with van der Waals surface area (Å²) in [5, 5.41) is 5.24. The third-order valence-electron chi connectivity index (χ3n) is 5.26. The van der Waals surface area contributed by atoms with Crippen LogP contribution in [0, 0.1) is 0 Å². The van der Waals surface area contributed by atoms with Gasteiger partial charge in [0, 0.05) is 35.9 Å². The Morgan fingerprint density at radius 2 is 2.00 bits per heavy atom. The number of nitrogens with one attached hydrogen (secondary N) is 1. The molecule has 4 heterocycles. The van der Waals surface area contributed by atoms with Crippen LogP contribution in [0.15, 0.2) is 41.8 Å². The molecular weight excluding hydrogens is 404 g/mol. The number of carbonyl (C=O) groups is 1. The third kappa shape index (κ3) is 4.03. The van der Waals surface area contributed by atoms with Crippen LogP contribution in [0.5, 0.6) is 11.5 Å². The lowest BCUT2D eigenvalue weighted by atomic mass is 10.1. The van der Waals surface area contributed by atoms with Crippen LogP contribution in [0.25, 0.3) is 10.4 Å². The van der Waals surface area contributed by atoms with Crippen molar-refractivity contribution in [2.24, 2.45) is 0 Å². The summed E-state index contributed by atoms with van der Waals surface area (Å²) in [7, 11) is 0. The Morgan fingerprint density at radius 3 is 2.93 bits per heavy atom. The van der Waals surface area contributed by atoms with Crippen LogP contribution in [0.4, 0.5) is 0 Å². The van der Waals surface area contributed by atoms with E-state index in [1.54, 1.807) is 0 Å². The molecule has 2 aliphatic heterocycles. The second-order valence-electron chi connectivity index (χ2n) is 7.17. The highest BCUT2D eigenvalue weighted by atomic mass is 32.1. The van der Waals surface area contributed by atoms with Gasteiger partial charge in [0.25, 0.3) is 5.91 Å². The topological polar surface area (TPSA) is 50.8 Å². The summed E-state index contributed by atoms with van der Waals surface area (Å²) in [6.45, 7) is 4.75. The van der Waals surface area contributed by atoms with Gasteiger partial charge in [-0.2, -0.15) is 0 Å². The number of carbonyl (C=O) groups excluding carboxylic acids is 1. The van der Waals surface area contributed by atoms with E-state index in [1.807, 2.05) is 41.7 Å². The highest BCUT2D eigenvalue weighted by Gasteiger charge is 2.18. The van der Waals surface area contributed by atoms with Gasteiger partial charge in [0.05, 0.1) is 4.88 Å². The quantitative estimate of drug-likeness (QED) is 0.669. The van der Waals surface area contributed by atoms with Crippen LogP contribution < -0.4 is 14.8 Å². The van der Waals surface area contributed by atoms with Crippen LogP contribution in [-0.4, -0.2) is 43.7 Å². The van der Waals surface area contributed by atoms with Gasteiger partial charge in [0.15, 0.2) is 11.5 Å². The minimum atomic E-state index is -0.00738. The molecule has 150 valence electrons. The van der Waals surface area contributed by atoms with Gasteiger partial charge in [-0.1, -0.05) is 0 Å². The highest BCUT2D eigenvalue weighted by molar-refractivity contribution is 7.17. The molecule has 0 atom stereocenters. The lowest BCUT2D eigenvalue weighted by molar-refractivity contribution is 0.0951. The van der Waals surface area contributed by atoms with Crippen LogP contribution in [0.1, 0.15) is 20.1 Å². The highest BCUT2D eigenvalue weighted by Crippen LogP contribution is 2.36. The minimum Gasteiger partial charge on any atom is -0.486 e. The number of fused-ring (bicyclic) bond motifs is 2. The maximum Gasteiger partial charge on any atom is 0.261 e. The van der Waals surface area contributed by atoms with Crippen molar-refractivity contribution >= 4 is 28.6 Å². The molecule has 29 heavy (non-hydrogen) atoms. The molecule has 5 nitrogen and oxygen atoms in total. The van der Waals surface area contributed by atoms with Crippen molar-refractivity contribution in [3.05, 3.63) is 57.1 Å². The molecule has 0 bridgehead atoms. The Hall–Kier alpha value is -2.35. The molecule has 0 saturated heterocycles. The Kier molecular flexibility index (Phi) is 5.26. The lowest BCUT2D eigenvalue weighted by Crippen LogP contribution is -2.37. The smallest absolute Gasteiger partial charge is 0.261 e. The fraction of sp³-hybridized carbons (Fsp3) is 0.318. The number of ether oxygens (including phenoxy) is 2. The second kappa shape index (κ2) is 8.18. The SMILES string of the molecule is O=C(NCCN1CCc2sccc2C1)c1ccc(-c2ccc3c(c2)OCCO3)s1. The maximum atomic E-state index is 12.6. The van der Waals surface area contributed by atoms with E-state index in [2.05, 4.69) is 21.7 Å². The Bertz CT molecular complexity index is 1030. The fourth-order valence-electron chi connectivity index (χ4n) is 3.72. The van der Waals surface area contributed by atoms with E-state index in [9.17, 15) is 4.79 Å². The summed E-state index contributed by atoms with van der Waals surface area (Å²) in [6, 6.07) is 12.0. The maximum absolute atomic E-state index is 12.6. The first-order valence-electron chi connectivity index (χ1n) is 9.82. The first-order valence-corrected chi connectivity index (χ1v) is 11.5. The number of hydrogen-bond acceptors (Lipinski definition) is 6. The van der Waals surface area contributed by atoms with Gasteiger partial charge >= 0.3 is 0 Å². The van der Waals surface area contributed by atoms with Gasteiger partial charge in [-0.25, -0.2) is 0 Å². The number of benzene rings is 1. The van der Waals surface area contributed by atoms with Gasteiger partial charge in [-0.3, -0.25) is 9.69 Å². The van der Waals surface area contributed by atoms with E-state index >= 15 is 0 Å². The summed E-state index contributed by atoms with van der Waals surface area (Å²) in [6.07, 6.45) is 1.12. The Labute approximate surface area is 177 Å². The molecule has 0 spiro atoms. The molecule has 1 aromatic carbocycles. The molecule has 1 N–H and O–H groups in total. The molecule has 0 saturated carbocycles. The summed E-state index contributed by atoms with van der Waals surface area (Å²) >= 11 is 3.35. The summed E-state index contributed by atoms with van der Waals surface area (Å²) in [5.74, 6) is 1.54. The van der Waals surface area contributed by atoms with Crippen molar-refractivity contribution in [2.45, 2.75) is 13.0 Å². The zero-order chi connectivity index (χ0) is 19.6. The molecule has 0 unspecified atom stereocenters. The van der Waals surface area contributed by atoms with Crippen molar-refractivity contribution in [1.82, 2.24) is 10.2 Å². The van der Waals surface area contributed by atoms with Crippen LogP contribution in [0.3, 0.4) is 0 Å². The second-order valence-corrected chi connectivity index (χ2v) is 9.26. The summed E-state index contributed by atoms with van der Waals surface area (Å²) < 4.78 is 11.2. The van der Waals surface area contributed by atoms with Crippen LogP contribution in [-0.2, 0) is 13.0 Å². The van der Waals surface area contributed by atoms with Crippen LogP contribution >= 0.6 is 22.7 Å². The Morgan fingerprint density at radius 1 is 1.10 bits per heavy atom. The number of rotatable bonds is 5. The summed E-state index contributed by atoms with van der Waals surface area (Å²) in [5.41, 5.74) is 2.48. The van der Waals surface area contributed by atoms with E-state index in [-0.39, 0.29) is 5.91 Å². The van der Waals surface area contributed by atoms with E-state index in [1.165, 1.54) is 21.8 Å². The van der Waals surface area contributed by atoms with Crippen molar-refractivity contribution in [3.63, 3.8) is 0 Å². The molecule has 2 aromatic heterocycles. The molecule has 0 radical (unpaired) electrons. The normalized spacial score (nSPS) is 15.7. The molecule has 2 aliphatic rings. The minimum absolute atomic E-state index is 0.00738. The molecule has 3 aromatic rings. The van der Waals surface area contributed by atoms with Crippen LogP contribution in [0.2, 0.25) is 0 Å². The van der Waals surface area contributed by atoms with Crippen molar-refractivity contribution in [3.8, 4) is 21.9 Å². The van der Waals surface area contributed by atoms with Gasteiger partial charge in [0.2, 0.25) is 0 Å². The number of thiophene rings is 2. The largest absolute Gasteiger partial charge is 0.486 e. The molecule has 0 fully saturated rings. The van der Waals surface area contributed by atoms with E-state index < -0.39 is 0 Å². The number of nitrogens with zero attached hydrogens (tertiary/aromatic N) is 1. The van der Waals surface area contributed by atoms with Gasteiger partial charge in [-0.15, -0.1) is 22.7 Å². The molecule has 5 rings (SSSR count). The summed E-state index contributed by atoms with van der Waals surface area (Å²) in [4.78, 5) is 18.3. The average molecular weight is 427 g/mol. The van der Waals surface area contributed by atoms with Gasteiger partial charge in [-0.05, 0) is 59.3 Å². The molecule has 7 heteroatoms. The molecule has 0 aliphatic carbocycles. The van der Waals surface area contributed by atoms with Crippen molar-refractivity contribution < 1.29 is 14.3 Å². The predicted octanol–water partition coefficient (Wildman–Crippen LogP) is 4.04. The standard InChI is InChI=1S/C22H22N2O3S2/c25-22(23-7-9-24-8-5-19-16(14-24)6-12-28-19)21-4-3-20(29-21)15-1-2-17-18(13-15)27-11-10-26-17/h1-4,6,12-13H,5,7-11,14H2,(H,23,25). The fourth-order valence-corrected chi connectivity index (χ4v) is 5.53. The zero-order valence-corrected chi connectivity index (χ0v) is 17.6. The van der Waals surface area contributed by atoms with E-state index in [4.69, 9.17) is 9.47 Å². The van der Waals surface area contributed by atoms with Crippen molar-refractivity contribution in [1.29, 1.82) is 0 Å². The molecular formula is C22H22N2O3S2. The predicted molar refractivity (Wildman–Crippen MR) is 116 cm³/mol. The van der Waals surface area contributed by atoms with Crippen molar-refractivity contribution in [2.75, 3.05) is 32.8 Å². The van der Waals surface area contributed by atoms with E-state index in [0.29, 0.717) is 19.8 Å². The number of hydrogen-bond donors (Lipinski definition) is 1. The van der Waals surface area contributed by atoms with E-state index in [0.717, 1.165) is 52.9 Å².